The van der Waals surface area contributed by atoms with Crippen LogP contribution in [0.25, 0.3) is 10.6 Å². The first-order valence-electron chi connectivity index (χ1n) is 5.56. The van der Waals surface area contributed by atoms with E-state index in [0.717, 1.165) is 10.6 Å². The van der Waals surface area contributed by atoms with Crippen molar-refractivity contribution >= 4 is 17.3 Å². The average molecular weight is 262 g/mol. The van der Waals surface area contributed by atoms with E-state index < -0.39 is 11.6 Å². The summed E-state index contributed by atoms with van der Waals surface area (Å²) in [7, 11) is 0. The molecule has 2 aromatic rings. The number of esters is 1. The maximum atomic E-state index is 11.8. The van der Waals surface area contributed by atoms with Gasteiger partial charge in [-0.3, -0.25) is 4.98 Å². The second kappa shape index (κ2) is 4.86. The molecule has 0 aliphatic heterocycles. The Morgan fingerprint density at radius 2 is 2.06 bits per heavy atom. The summed E-state index contributed by atoms with van der Waals surface area (Å²) in [6.45, 7) is 5.49. The largest absolute Gasteiger partial charge is 0.455 e. The third-order valence-corrected chi connectivity index (χ3v) is 3.00. The number of carbonyl (C=O) groups excluding carboxylic acids is 1. The van der Waals surface area contributed by atoms with E-state index in [-0.39, 0.29) is 0 Å². The van der Waals surface area contributed by atoms with E-state index in [0.29, 0.717) is 5.01 Å². The molecule has 0 saturated carbocycles. The molecule has 0 unspecified atom stereocenters. The molecule has 94 valence electrons. The molecule has 5 heteroatoms. The second-order valence-corrected chi connectivity index (χ2v) is 5.78. The molecule has 0 N–H and O–H groups in total. The lowest BCUT2D eigenvalue weighted by molar-refractivity contribution is 0.00692. The smallest absolute Gasteiger partial charge is 0.367 e. The van der Waals surface area contributed by atoms with Crippen molar-refractivity contribution in [1.29, 1.82) is 0 Å². The number of pyridine rings is 1. The van der Waals surface area contributed by atoms with Crippen molar-refractivity contribution in [2.24, 2.45) is 0 Å². The molecule has 0 atom stereocenters. The average Bonchev–Trinajstić information content (AvgIpc) is 2.77. The van der Waals surface area contributed by atoms with Crippen molar-refractivity contribution in [2.45, 2.75) is 26.4 Å². The van der Waals surface area contributed by atoms with Gasteiger partial charge in [-0.25, -0.2) is 9.78 Å². The fourth-order valence-electron chi connectivity index (χ4n) is 1.32. The molecule has 0 spiro atoms. The quantitative estimate of drug-likeness (QED) is 0.780. The minimum absolute atomic E-state index is 0.352. The van der Waals surface area contributed by atoms with Crippen molar-refractivity contribution in [3.63, 3.8) is 0 Å². The summed E-state index contributed by atoms with van der Waals surface area (Å²) in [5.41, 5.74) is 0.304. The minimum atomic E-state index is -0.506. The van der Waals surface area contributed by atoms with Gasteiger partial charge in [0.05, 0.1) is 10.6 Å². The van der Waals surface area contributed by atoms with Crippen molar-refractivity contribution in [1.82, 2.24) is 9.97 Å². The van der Waals surface area contributed by atoms with Crippen LogP contribution in [-0.4, -0.2) is 21.5 Å². The third kappa shape index (κ3) is 3.13. The monoisotopic (exact) mass is 262 g/mol. The first-order valence-corrected chi connectivity index (χ1v) is 6.38. The second-order valence-electron chi connectivity index (χ2n) is 4.75. The molecule has 0 saturated heterocycles. The van der Waals surface area contributed by atoms with Crippen molar-refractivity contribution in [3.05, 3.63) is 35.6 Å². The summed E-state index contributed by atoms with van der Waals surface area (Å²) >= 11 is 1.29. The van der Waals surface area contributed by atoms with E-state index in [9.17, 15) is 4.79 Å². The molecule has 0 bridgehead atoms. The third-order valence-electron chi connectivity index (χ3n) is 2.00. The summed E-state index contributed by atoms with van der Waals surface area (Å²) in [5.74, 6) is -0.394. The van der Waals surface area contributed by atoms with Gasteiger partial charge in [0.15, 0.2) is 0 Å². The number of hydrogen-bond acceptors (Lipinski definition) is 5. The molecular formula is C13H14N2O2S. The summed E-state index contributed by atoms with van der Waals surface area (Å²) in [5, 5.41) is 0.352. The molecule has 0 radical (unpaired) electrons. The van der Waals surface area contributed by atoms with Crippen LogP contribution in [0.4, 0.5) is 0 Å². The summed E-state index contributed by atoms with van der Waals surface area (Å²) in [6.07, 6.45) is 3.36. The number of ether oxygens (including phenoxy) is 1. The number of nitrogens with zero attached hydrogens (tertiary/aromatic N) is 2. The van der Waals surface area contributed by atoms with Crippen LogP contribution in [0.3, 0.4) is 0 Å². The van der Waals surface area contributed by atoms with Gasteiger partial charge >= 0.3 is 5.97 Å². The Morgan fingerprint density at radius 1 is 1.28 bits per heavy atom. The van der Waals surface area contributed by atoms with E-state index in [2.05, 4.69) is 9.97 Å². The highest BCUT2D eigenvalue weighted by molar-refractivity contribution is 7.16. The summed E-state index contributed by atoms with van der Waals surface area (Å²) < 4.78 is 5.26. The Hall–Kier alpha value is -1.75. The SMILES string of the molecule is CC(C)(C)OC(=O)c1ncc(-c2ccccn2)s1. The number of hydrogen-bond donors (Lipinski definition) is 0. The molecular weight excluding hydrogens is 248 g/mol. The maximum Gasteiger partial charge on any atom is 0.367 e. The molecule has 2 heterocycles. The standard InChI is InChI=1S/C13H14N2O2S/c1-13(2,3)17-12(16)11-15-8-10(18-11)9-6-4-5-7-14-9/h4-8H,1-3H3. The van der Waals surface area contributed by atoms with Gasteiger partial charge in [0.25, 0.3) is 0 Å². The first kappa shape index (κ1) is 12.7. The van der Waals surface area contributed by atoms with E-state index in [1.165, 1.54) is 11.3 Å². The molecule has 18 heavy (non-hydrogen) atoms. The number of carbonyl (C=O) groups is 1. The molecule has 0 fully saturated rings. The van der Waals surface area contributed by atoms with Crippen LogP contribution >= 0.6 is 11.3 Å². The van der Waals surface area contributed by atoms with Crippen LogP contribution in [0, 0.1) is 0 Å². The van der Waals surface area contributed by atoms with E-state index in [4.69, 9.17) is 4.74 Å². The maximum absolute atomic E-state index is 11.8. The van der Waals surface area contributed by atoms with Crippen LogP contribution in [0.2, 0.25) is 0 Å². The van der Waals surface area contributed by atoms with E-state index in [1.54, 1.807) is 12.4 Å². The normalized spacial score (nSPS) is 11.3. The highest BCUT2D eigenvalue weighted by Crippen LogP contribution is 2.25. The lowest BCUT2D eigenvalue weighted by Crippen LogP contribution is -2.23. The topological polar surface area (TPSA) is 52.1 Å². The zero-order valence-electron chi connectivity index (χ0n) is 10.5. The Morgan fingerprint density at radius 3 is 2.67 bits per heavy atom. The predicted molar refractivity (Wildman–Crippen MR) is 70.5 cm³/mol. The van der Waals surface area contributed by atoms with Crippen LogP contribution in [0.15, 0.2) is 30.6 Å². The van der Waals surface area contributed by atoms with Gasteiger partial charge in [-0.15, -0.1) is 11.3 Å². The number of thiazole rings is 1. The Balaban J connectivity index is 2.19. The van der Waals surface area contributed by atoms with Gasteiger partial charge < -0.3 is 4.74 Å². The molecule has 0 amide bonds. The van der Waals surface area contributed by atoms with E-state index >= 15 is 0 Å². The highest BCUT2D eigenvalue weighted by atomic mass is 32.1. The van der Waals surface area contributed by atoms with Gasteiger partial charge in [-0.05, 0) is 32.9 Å². The Kier molecular flexibility index (Phi) is 3.43. The zero-order chi connectivity index (χ0) is 13.2. The first-order chi connectivity index (χ1) is 8.46. The van der Waals surface area contributed by atoms with Gasteiger partial charge in [0.2, 0.25) is 5.01 Å². The van der Waals surface area contributed by atoms with Crippen molar-refractivity contribution < 1.29 is 9.53 Å². The molecule has 0 aliphatic rings. The molecule has 2 aromatic heterocycles. The number of rotatable bonds is 2. The van der Waals surface area contributed by atoms with Gasteiger partial charge in [-0.1, -0.05) is 6.07 Å². The molecule has 2 rings (SSSR count). The lowest BCUT2D eigenvalue weighted by atomic mass is 10.2. The molecule has 0 aliphatic carbocycles. The molecule has 0 aromatic carbocycles. The fraction of sp³-hybridized carbons (Fsp3) is 0.308. The van der Waals surface area contributed by atoms with E-state index in [1.807, 2.05) is 39.0 Å². The van der Waals surface area contributed by atoms with Crippen LogP contribution in [0.1, 0.15) is 30.6 Å². The predicted octanol–water partition coefficient (Wildman–Crippen LogP) is 3.16. The Labute approximate surface area is 110 Å². The lowest BCUT2D eigenvalue weighted by Gasteiger charge is -2.18. The van der Waals surface area contributed by atoms with Gasteiger partial charge in [0.1, 0.15) is 5.60 Å². The molecule has 4 nitrogen and oxygen atoms in total. The fourth-order valence-corrected chi connectivity index (χ4v) is 2.09. The van der Waals surface area contributed by atoms with Gasteiger partial charge in [-0.2, -0.15) is 0 Å². The van der Waals surface area contributed by atoms with Crippen LogP contribution in [0.5, 0.6) is 0 Å². The summed E-state index contributed by atoms with van der Waals surface area (Å²) in [6, 6.07) is 5.63. The Bertz CT molecular complexity index is 544. The van der Waals surface area contributed by atoms with Crippen LogP contribution in [-0.2, 0) is 4.74 Å². The van der Waals surface area contributed by atoms with Gasteiger partial charge in [0, 0.05) is 12.4 Å². The zero-order valence-corrected chi connectivity index (χ0v) is 11.3. The summed E-state index contributed by atoms with van der Waals surface area (Å²) in [4.78, 5) is 21.0. The van der Waals surface area contributed by atoms with Crippen molar-refractivity contribution in [3.8, 4) is 10.6 Å². The highest BCUT2D eigenvalue weighted by Gasteiger charge is 2.20. The van der Waals surface area contributed by atoms with Crippen molar-refractivity contribution in [2.75, 3.05) is 0 Å². The van der Waals surface area contributed by atoms with Crippen LogP contribution < -0.4 is 0 Å². The minimum Gasteiger partial charge on any atom is -0.455 e. The number of aromatic nitrogens is 2.